The highest BCUT2D eigenvalue weighted by atomic mass is 35.5. The van der Waals surface area contributed by atoms with Crippen LogP contribution in [0.2, 0.25) is 5.02 Å². The Labute approximate surface area is 211 Å². The van der Waals surface area contributed by atoms with E-state index in [1.54, 1.807) is 37.8 Å². The lowest BCUT2D eigenvalue weighted by Crippen LogP contribution is -2.20. The first kappa shape index (κ1) is 24.3. The number of hydrazone groups is 1. The number of furan rings is 1. The summed E-state index contributed by atoms with van der Waals surface area (Å²) in [6, 6.07) is 18.5. The third kappa shape index (κ3) is 6.40. The van der Waals surface area contributed by atoms with Gasteiger partial charge in [-0.25, -0.2) is 5.43 Å². The van der Waals surface area contributed by atoms with Crippen molar-refractivity contribution in [3.05, 3.63) is 83.3 Å². The number of ether oxygens (including phenoxy) is 1. The fourth-order valence-corrected chi connectivity index (χ4v) is 3.99. The zero-order valence-electron chi connectivity index (χ0n) is 19.0. The van der Waals surface area contributed by atoms with E-state index in [1.165, 1.54) is 11.8 Å². The second-order valence-corrected chi connectivity index (χ2v) is 8.71. The largest absolute Gasteiger partial charge is 0.497 e. The molecule has 0 saturated carbocycles. The zero-order chi connectivity index (χ0) is 24.6. The quantitative estimate of drug-likeness (QED) is 0.183. The van der Waals surface area contributed by atoms with Gasteiger partial charge in [-0.3, -0.25) is 9.36 Å². The highest BCUT2D eigenvalue weighted by Crippen LogP contribution is 2.29. The van der Waals surface area contributed by atoms with Crippen molar-refractivity contribution >= 4 is 41.6 Å². The van der Waals surface area contributed by atoms with Crippen molar-refractivity contribution in [2.45, 2.75) is 12.1 Å². The fourth-order valence-electron chi connectivity index (χ4n) is 3.12. The molecule has 0 radical (unpaired) electrons. The number of nitrogens with one attached hydrogen (secondary N) is 1. The molecule has 178 valence electrons. The molecular formula is C25H22ClN5O3S. The number of carbonyl (C=O) groups is 1. The molecule has 1 amide bonds. The van der Waals surface area contributed by atoms with Crippen LogP contribution < -0.4 is 10.2 Å². The second kappa shape index (κ2) is 11.5. The van der Waals surface area contributed by atoms with Crippen molar-refractivity contribution in [2.75, 3.05) is 12.9 Å². The molecule has 2 aromatic carbocycles. The Morgan fingerprint density at radius 2 is 1.94 bits per heavy atom. The Morgan fingerprint density at radius 1 is 1.17 bits per heavy atom. The normalized spacial score (nSPS) is 11.7. The molecule has 35 heavy (non-hydrogen) atoms. The molecule has 0 fully saturated rings. The first-order valence-electron chi connectivity index (χ1n) is 10.6. The predicted molar refractivity (Wildman–Crippen MR) is 138 cm³/mol. The molecular weight excluding hydrogens is 486 g/mol. The van der Waals surface area contributed by atoms with Crippen LogP contribution in [0.15, 0.2) is 87.2 Å². The van der Waals surface area contributed by atoms with Gasteiger partial charge in [0.05, 0.1) is 25.3 Å². The summed E-state index contributed by atoms with van der Waals surface area (Å²) in [6.45, 7) is 1.86. The number of aromatic nitrogens is 3. The third-order valence-electron chi connectivity index (χ3n) is 4.77. The van der Waals surface area contributed by atoms with Gasteiger partial charge in [0, 0.05) is 16.3 Å². The summed E-state index contributed by atoms with van der Waals surface area (Å²) in [7, 11) is 1.62. The van der Waals surface area contributed by atoms with Gasteiger partial charge >= 0.3 is 0 Å². The minimum absolute atomic E-state index is 0.104. The molecule has 4 rings (SSSR count). The van der Waals surface area contributed by atoms with E-state index in [-0.39, 0.29) is 11.7 Å². The number of thioether (sulfide) groups is 1. The van der Waals surface area contributed by atoms with Gasteiger partial charge in [0.2, 0.25) is 0 Å². The molecule has 0 aliphatic rings. The van der Waals surface area contributed by atoms with Gasteiger partial charge < -0.3 is 9.15 Å². The number of carbonyl (C=O) groups excluding carboxylic acids is 1. The number of nitrogens with zero attached hydrogens (tertiary/aromatic N) is 4. The van der Waals surface area contributed by atoms with Gasteiger partial charge in [-0.1, -0.05) is 23.4 Å². The number of allylic oxidation sites excluding steroid dienone is 1. The van der Waals surface area contributed by atoms with Crippen LogP contribution in [0, 0.1) is 0 Å². The summed E-state index contributed by atoms with van der Waals surface area (Å²) in [6.07, 6.45) is 4.97. The van der Waals surface area contributed by atoms with Crippen molar-refractivity contribution in [2.24, 2.45) is 5.10 Å². The van der Waals surface area contributed by atoms with Crippen LogP contribution in [-0.4, -0.2) is 39.7 Å². The molecule has 0 saturated heterocycles. The fraction of sp³-hybridized carbons (Fsp3) is 0.120. The maximum atomic E-state index is 12.4. The van der Waals surface area contributed by atoms with E-state index in [0.717, 1.165) is 22.6 Å². The first-order valence-corrected chi connectivity index (χ1v) is 11.9. The Hall–Kier alpha value is -3.82. The summed E-state index contributed by atoms with van der Waals surface area (Å²) in [5, 5.41) is 13.9. The van der Waals surface area contributed by atoms with Crippen molar-refractivity contribution in [1.29, 1.82) is 0 Å². The average molecular weight is 508 g/mol. The third-order valence-corrected chi connectivity index (χ3v) is 5.95. The first-order chi connectivity index (χ1) is 17.0. The van der Waals surface area contributed by atoms with Gasteiger partial charge in [-0.2, -0.15) is 5.10 Å². The van der Waals surface area contributed by atoms with Crippen LogP contribution in [0.5, 0.6) is 5.75 Å². The van der Waals surface area contributed by atoms with Gasteiger partial charge in [-0.15, -0.1) is 10.2 Å². The van der Waals surface area contributed by atoms with Crippen molar-refractivity contribution in [1.82, 2.24) is 20.2 Å². The lowest BCUT2D eigenvalue weighted by Gasteiger charge is -2.11. The number of amides is 1. The highest BCUT2D eigenvalue weighted by Gasteiger charge is 2.17. The topological polar surface area (TPSA) is 94.5 Å². The molecule has 2 heterocycles. The molecule has 0 aliphatic carbocycles. The standard InChI is InChI=1S/C25H22ClN5O3S/c1-17(14-22-4-3-13-34-22)15-27-28-23(32)16-35-25-30-29-24(18-5-11-21(33-2)12-6-18)31(25)20-9-7-19(26)8-10-20/h3-15H,16H2,1-2H3,(H,28,32)/b17-14+,27-15+. The Bertz CT molecular complexity index is 1330. The minimum Gasteiger partial charge on any atom is -0.497 e. The van der Waals surface area contributed by atoms with Crippen molar-refractivity contribution in [3.8, 4) is 22.8 Å². The van der Waals surface area contributed by atoms with E-state index in [9.17, 15) is 4.79 Å². The lowest BCUT2D eigenvalue weighted by atomic mass is 10.2. The van der Waals surface area contributed by atoms with Gasteiger partial charge in [-0.05, 0) is 79.2 Å². The van der Waals surface area contributed by atoms with Crippen LogP contribution in [-0.2, 0) is 4.79 Å². The van der Waals surface area contributed by atoms with Gasteiger partial charge in [0.1, 0.15) is 11.5 Å². The van der Waals surface area contributed by atoms with E-state index in [2.05, 4.69) is 20.7 Å². The molecule has 0 spiro atoms. The molecule has 2 aromatic heterocycles. The second-order valence-electron chi connectivity index (χ2n) is 7.33. The van der Waals surface area contributed by atoms with Crippen LogP contribution in [0.4, 0.5) is 0 Å². The predicted octanol–water partition coefficient (Wildman–Crippen LogP) is 5.49. The van der Waals surface area contributed by atoms with Gasteiger partial charge in [0.25, 0.3) is 5.91 Å². The molecule has 4 aromatic rings. The number of methoxy groups -OCH3 is 1. The Morgan fingerprint density at radius 3 is 2.63 bits per heavy atom. The van der Waals surface area contributed by atoms with Crippen LogP contribution >= 0.6 is 23.4 Å². The minimum atomic E-state index is -0.270. The number of hydrogen-bond acceptors (Lipinski definition) is 7. The number of hydrogen-bond donors (Lipinski definition) is 1. The lowest BCUT2D eigenvalue weighted by molar-refractivity contribution is -0.118. The maximum absolute atomic E-state index is 12.4. The van der Waals surface area contributed by atoms with E-state index in [4.69, 9.17) is 20.8 Å². The monoisotopic (exact) mass is 507 g/mol. The van der Waals surface area contributed by atoms with Crippen LogP contribution in [0.25, 0.3) is 23.2 Å². The highest BCUT2D eigenvalue weighted by molar-refractivity contribution is 7.99. The number of benzene rings is 2. The van der Waals surface area contributed by atoms with E-state index >= 15 is 0 Å². The number of rotatable bonds is 9. The van der Waals surface area contributed by atoms with E-state index in [0.29, 0.717) is 21.8 Å². The van der Waals surface area contributed by atoms with Crippen molar-refractivity contribution in [3.63, 3.8) is 0 Å². The Kier molecular flexibility index (Phi) is 8.02. The average Bonchev–Trinajstić information content (AvgIpc) is 3.53. The Balaban J connectivity index is 1.48. The van der Waals surface area contributed by atoms with Crippen LogP contribution in [0.1, 0.15) is 12.7 Å². The summed E-state index contributed by atoms with van der Waals surface area (Å²) < 4.78 is 12.4. The van der Waals surface area contributed by atoms with E-state index < -0.39 is 0 Å². The maximum Gasteiger partial charge on any atom is 0.250 e. The summed E-state index contributed by atoms with van der Waals surface area (Å²) in [5.41, 5.74) is 5.04. The molecule has 0 atom stereocenters. The summed E-state index contributed by atoms with van der Waals surface area (Å²) >= 11 is 7.34. The number of halogens is 1. The molecule has 8 nitrogen and oxygen atoms in total. The molecule has 0 bridgehead atoms. The van der Waals surface area contributed by atoms with E-state index in [1.807, 2.05) is 60.0 Å². The van der Waals surface area contributed by atoms with Crippen molar-refractivity contribution < 1.29 is 13.9 Å². The smallest absolute Gasteiger partial charge is 0.250 e. The summed E-state index contributed by atoms with van der Waals surface area (Å²) in [5.74, 6) is 1.92. The van der Waals surface area contributed by atoms with Gasteiger partial charge in [0.15, 0.2) is 11.0 Å². The molecule has 0 aliphatic heterocycles. The molecule has 0 unspecified atom stereocenters. The van der Waals surface area contributed by atoms with Crippen LogP contribution in [0.3, 0.4) is 0 Å². The SMILES string of the molecule is COc1ccc(-c2nnc(SCC(=O)N/N=C/C(C)=C/c3ccco3)n2-c2ccc(Cl)cc2)cc1. The molecule has 10 heteroatoms. The zero-order valence-corrected chi connectivity index (χ0v) is 20.6. The summed E-state index contributed by atoms with van der Waals surface area (Å²) in [4.78, 5) is 12.4. The molecule has 1 N–H and O–H groups in total.